The van der Waals surface area contributed by atoms with E-state index in [1.165, 1.54) is 48.4 Å². The highest BCUT2D eigenvalue weighted by atomic mass is 35.5. The van der Waals surface area contributed by atoms with Gasteiger partial charge in [-0.2, -0.15) is 5.01 Å². The summed E-state index contributed by atoms with van der Waals surface area (Å²) >= 11 is 12.8. The quantitative estimate of drug-likeness (QED) is 0.131. The maximum atomic E-state index is 15.6. The smallest absolute Gasteiger partial charge is 0.347 e. The lowest BCUT2D eigenvalue weighted by atomic mass is 9.53. The fourth-order valence-corrected chi connectivity index (χ4v) is 10.2. The zero-order chi connectivity index (χ0) is 45.4. The van der Waals surface area contributed by atoms with Gasteiger partial charge in [0.2, 0.25) is 0 Å². The zero-order valence-electron chi connectivity index (χ0n) is 35.1. The van der Waals surface area contributed by atoms with Gasteiger partial charge in [-0.3, -0.25) is 19.8 Å². The Morgan fingerprint density at radius 2 is 1.58 bits per heavy atom. The Labute approximate surface area is 374 Å². The molecule has 330 valence electrons. The number of nitrogens with one attached hydrogen (secondary N) is 1. The van der Waals surface area contributed by atoms with E-state index in [9.17, 15) is 19.5 Å². The molecule has 2 aliphatic heterocycles. The van der Waals surface area contributed by atoms with Crippen LogP contribution in [-0.2, 0) is 41.6 Å². The summed E-state index contributed by atoms with van der Waals surface area (Å²) in [6.07, 6.45) is 1.58. The van der Waals surface area contributed by atoms with Crippen molar-refractivity contribution < 1.29 is 33.6 Å². The van der Waals surface area contributed by atoms with Gasteiger partial charge in [-0.25, -0.2) is 28.5 Å². The molecular formula is C45H41Cl2N7O10. The number of nitrogens with zero attached hydrogens (tertiary/aromatic N) is 6. The number of phenols is 1. The number of methoxy groups -OCH3 is 4. The molecule has 6 aromatic rings. The van der Waals surface area contributed by atoms with Crippen molar-refractivity contribution in [3.63, 3.8) is 0 Å². The molecule has 4 atom stereocenters. The number of halogens is 2. The number of allylic oxidation sites excluding steroid dienone is 2. The van der Waals surface area contributed by atoms with Crippen molar-refractivity contribution >= 4 is 51.7 Å². The van der Waals surface area contributed by atoms with Crippen LogP contribution in [0.2, 0.25) is 10.0 Å². The van der Waals surface area contributed by atoms with Crippen molar-refractivity contribution in [2.45, 2.75) is 43.3 Å². The van der Waals surface area contributed by atoms with Gasteiger partial charge in [0.05, 0.1) is 74.1 Å². The minimum atomic E-state index is -1.75. The minimum Gasteiger partial charge on any atom is -0.504 e. The summed E-state index contributed by atoms with van der Waals surface area (Å²) in [6, 6.07) is 18.6. The van der Waals surface area contributed by atoms with Gasteiger partial charge in [0.1, 0.15) is 11.4 Å². The number of phenolic OH excluding ortho intramolecular Hbond substituents is 1. The van der Waals surface area contributed by atoms with Crippen molar-refractivity contribution in [1.29, 1.82) is 0 Å². The monoisotopic (exact) mass is 909 g/mol. The summed E-state index contributed by atoms with van der Waals surface area (Å²) in [4.78, 5) is 77.8. The Bertz CT molecular complexity index is 3140. The predicted octanol–water partition coefficient (Wildman–Crippen LogP) is 4.97. The number of rotatable bonds is 11. The molecule has 2 amide bonds. The number of imide groups is 1. The van der Waals surface area contributed by atoms with E-state index in [2.05, 4.69) is 10.4 Å². The van der Waals surface area contributed by atoms with Crippen LogP contribution in [0.4, 0.5) is 5.69 Å². The van der Waals surface area contributed by atoms with Crippen molar-refractivity contribution in [3.05, 3.63) is 143 Å². The summed E-state index contributed by atoms with van der Waals surface area (Å²) in [5.41, 5.74) is 1.89. The number of anilines is 1. The summed E-state index contributed by atoms with van der Waals surface area (Å²) in [7, 11) is 7.47. The first kappa shape index (κ1) is 42.3. The van der Waals surface area contributed by atoms with Crippen LogP contribution in [0.5, 0.6) is 28.7 Å². The molecule has 64 heavy (non-hydrogen) atoms. The fraction of sp³-hybridized carbons (Fsp3) is 0.289. The zero-order valence-corrected chi connectivity index (χ0v) is 36.6. The molecule has 2 N–H and O–H groups in total. The van der Waals surface area contributed by atoms with E-state index < -0.39 is 52.0 Å². The molecule has 1 saturated heterocycles. The molecule has 0 spiro atoms. The molecule has 1 saturated carbocycles. The Kier molecular flexibility index (Phi) is 10.6. The van der Waals surface area contributed by atoms with Gasteiger partial charge < -0.3 is 28.6 Å². The van der Waals surface area contributed by atoms with Crippen molar-refractivity contribution in [2.75, 3.05) is 33.9 Å². The van der Waals surface area contributed by atoms with Gasteiger partial charge in [0.25, 0.3) is 17.4 Å². The molecule has 0 bridgehead atoms. The Morgan fingerprint density at radius 3 is 2.27 bits per heavy atom. The van der Waals surface area contributed by atoms with Crippen LogP contribution in [0.3, 0.4) is 0 Å². The van der Waals surface area contributed by atoms with E-state index in [4.69, 9.17) is 42.1 Å². The molecule has 17 nitrogen and oxygen atoms in total. The van der Waals surface area contributed by atoms with E-state index in [1.54, 1.807) is 79.9 Å². The molecule has 2 fully saturated rings. The maximum Gasteiger partial charge on any atom is 0.347 e. The highest BCUT2D eigenvalue weighted by Crippen LogP contribution is 2.63. The first-order chi connectivity index (χ1) is 30.8. The predicted molar refractivity (Wildman–Crippen MR) is 236 cm³/mol. The molecular weight excluding hydrogens is 869 g/mol. The number of hydrazine groups is 1. The second kappa shape index (κ2) is 16.0. The second-order valence-electron chi connectivity index (χ2n) is 15.7. The lowest BCUT2D eigenvalue weighted by molar-refractivity contribution is -0.138. The summed E-state index contributed by atoms with van der Waals surface area (Å²) in [6.45, 7) is -0.302. The number of amides is 2. The van der Waals surface area contributed by atoms with Crippen LogP contribution < -0.4 is 41.3 Å². The second-order valence-corrected chi connectivity index (χ2v) is 16.5. The van der Waals surface area contributed by atoms with E-state index in [0.29, 0.717) is 44.4 Å². The van der Waals surface area contributed by atoms with Crippen LogP contribution in [0.25, 0.3) is 11.0 Å². The number of para-hydroxylation sites is 1. The maximum absolute atomic E-state index is 15.6. The Hall–Kier alpha value is -6.98. The van der Waals surface area contributed by atoms with Gasteiger partial charge in [0, 0.05) is 48.6 Å². The molecule has 4 aromatic carbocycles. The lowest BCUT2D eigenvalue weighted by Gasteiger charge is -2.49. The fourth-order valence-electron chi connectivity index (χ4n) is 9.72. The SMILES string of the molecule is COc1ccc(C23C(=O)N(Nc4ccc(Cl)cc4Cl)C(=O)C2CC2C(=CCn4c(=O)n(CCc5nc6cc(OC)c(OC)cc6n(C)c5=O)c(=O)n42)C3c2cccc(OC)c2O)cc1. The molecule has 0 radical (unpaired) electrons. The van der Waals surface area contributed by atoms with Crippen LogP contribution in [0.15, 0.2) is 98.8 Å². The van der Waals surface area contributed by atoms with Gasteiger partial charge in [-0.1, -0.05) is 53.5 Å². The average Bonchev–Trinajstić information content (AvgIpc) is 3.67. The third-order valence-electron chi connectivity index (χ3n) is 12.7. The van der Waals surface area contributed by atoms with E-state index in [0.717, 1.165) is 9.58 Å². The number of aromatic hydroxyl groups is 1. The molecule has 19 heteroatoms. The van der Waals surface area contributed by atoms with Gasteiger partial charge >= 0.3 is 11.4 Å². The van der Waals surface area contributed by atoms with Crippen LogP contribution in [0, 0.1) is 5.92 Å². The number of aryl methyl sites for hydroxylation is 2. The van der Waals surface area contributed by atoms with Crippen molar-refractivity contribution in [1.82, 2.24) is 28.5 Å². The minimum absolute atomic E-state index is 0.0779. The van der Waals surface area contributed by atoms with Crippen LogP contribution in [-0.4, -0.2) is 73.9 Å². The topological polar surface area (TPSA) is 190 Å². The van der Waals surface area contributed by atoms with E-state index in [1.807, 2.05) is 0 Å². The normalized spacial score (nSPS) is 20.1. The number of ether oxygens (including phenoxy) is 4. The summed E-state index contributed by atoms with van der Waals surface area (Å²) in [5, 5.41) is 13.4. The Balaban J connectivity index is 1.19. The number of hydrogen-bond donors (Lipinski definition) is 2. The average molecular weight is 911 g/mol. The molecule has 2 aromatic heterocycles. The molecule has 9 rings (SSSR count). The molecule has 4 unspecified atom stereocenters. The number of fused-ring (bicyclic) bond motifs is 5. The highest BCUT2D eigenvalue weighted by Gasteiger charge is 2.69. The Morgan fingerprint density at radius 1 is 0.859 bits per heavy atom. The van der Waals surface area contributed by atoms with E-state index >= 15 is 9.59 Å². The number of aromatic nitrogens is 5. The van der Waals surface area contributed by atoms with E-state index in [-0.39, 0.29) is 59.4 Å². The third-order valence-corrected chi connectivity index (χ3v) is 13.3. The van der Waals surface area contributed by atoms with Crippen molar-refractivity contribution in [3.8, 4) is 28.7 Å². The van der Waals surface area contributed by atoms with Gasteiger partial charge in [0.15, 0.2) is 23.0 Å². The third kappa shape index (κ3) is 6.27. The van der Waals surface area contributed by atoms with Gasteiger partial charge in [-0.15, -0.1) is 0 Å². The van der Waals surface area contributed by atoms with Crippen LogP contribution in [0.1, 0.15) is 35.2 Å². The number of hydrogen-bond acceptors (Lipinski definition) is 12. The highest BCUT2D eigenvalue weighted by molar-refractivity contribution is 6.36. The lowest BCUT2D eigenvalue weighted by Crippen LogP contribution is -2.53. The molecule has 1 aliphatic carbocycles. The first-order valence-corrected chi connectivity index (χ1v) is 20.9. The number of carbonyl (C=O) groups excluding carboxylic acids is 2. The standard InChI is InChI=1S/C45H41Cl2N7O10/c1-50-34-22-37(64-5)36(63-4)21-32(34)48-31(41(50)57)16-17-51-43(59)52-18-15-26-33(54(52)44(51)60)20-28-40(56)53(49-30-14-11-24(46)19-29(30)47)42(58)45(28,23-9-12-25(61-2)13-10-23)38(26)27-7-6-8-35(62-3)39(27)55/h6-15,19,21-22,28,33,38,49,55H,16-18,20H2,1-5H3. The van der Waals surface area contributed by atoms with Crippen molar-refractivity contribution in [2.24, 2.45) is 13.0 Å². The molecule has 3 aliphatic rings. The summed E-state index contributed by atoms with van der Waals surface area (Å²) in [5.74, 6) is -2.44. The summed E-state index contributed by atoms with van der Waals surface area (Å²) < 4.78 is 26.9. The van der Waals surface area contributed by atoms with Crippen LogP contribution >= 0.6 is 23.2 Å². The number of carbonyl (C=O) groups is 2. The van der Waals surface area contributed by atoms with Gasteiger partial charge in [-0.05, 0) is 54.0 Å². The largest absolute Gasteiger partial charge is 0.504 e. The molecule has 4 heterocycles. The first-order valence-electron chi connectivity index (χ1n) is 20.1. The number of benzene rings is 4.